The molecule has 18 heavy (non-hydrogen) atoms. The largest absolute Gasteiger partial charge is 0.395 e. The van der Waals surface area contributed by atoms with E-state index in [-0.39, 0.29) is 5.91 Å². The number of nitrogens with one attached hydrogen (secondary N) is 1. The van der Waals surface area contributed by atoms with E-state index in [2.05, 4.69) is 15.3 Å². The number of hydrogen-bond acceptors (Lipinski definition) is 4. The topological polar surface area (TPSA) is 76.2 Å². The fraction of sp³-hybridized carbons (Fsp3) is 0.667. The minimum Gasteiger partial charge on any atom is -0.395 e. The second-order valence-electron chi connectivity index (χ2n) is 4.74. The summed E-state index contributed by atoms with van der Waals surface area (Å²) in [7, 11) is 5.81. The zero-order valence-electron chi connectivity index (χ0n) is 11.7. The Hall–Kier alpha value is -1.56. The fourth-order valence-electron chi connectivity index (χ4n) is 1.78. The number of aromatic nitrogens is 2. The van der Waals surface area contributed by atoms with Gasteiger partial charge in [-0.2, -0.15) is 5.10 Å². The summed E-state index contributed by atoms with van der Waals surface area (Å²) in [5.74, 6) is -0.152. The standard InChI is InChI=1S/C12H23N5O/c1-9-10(13)11(17(4)15-9)12(18)14-7-5-6-8-16(2)3/h5-8,13H2,1-4H3,(H,14,18). The molecule has 0 aliphatic heterocycles. The molecule has 0 saturated carbocycles. The van der Waals surface area contributed by atoms with Gasteiger partial charge in [0.05, 0.1) is 11.4 Å². The van der Waals surface area contributed by atoms with E-state index in [1.54, 1.807) is 14.0 Å². The van der Waals surface area contributed by atoms with E-state index in [9.17, 15) is 4.79 Å². The number of carbonyl (C=O) groups excluding carboxylic acids is 1. The van der Waals surface area contributed by atoms with Crippen LogP contribution < -0.4 is 11.1 Å². The van der Waals surface area contributed by atoms with Crippen LogP contribution in [0.5, 0.6) is 0 Å². The molecule has 1 aromatic rings. The average Bonchev–Trinajstić information content (AvgIpc) is 2.52. The number of unbranched alkanes of at least 4 members (excludes halogenated alkanes) is 1. The highest BCUT2D eigenvalue weighted by Gasteiger charge is 2.16. The molecule has 6 nitrogen and oxygen atoms in total. The van der Waals surface area contributed by atoms with E-state index in [0.717, 1.165) is 19.4 Å². The van der Waals surface area contributed by atoms with Gasteiger partial charge in [-0.15, -0.1) is 0 Å². The molecule has 0 unspecified atom stereocenters. The van der Waals surface area contributed by atoms with E-state index in [4.69, 9.17) is 5.73 Å². The van der Waals surface area contributed by atoms with Crippen molar-refractivity contribution in [3.8, 4) is 0 Å². The van der Waals surface area contributed by atoms with Crippen molar-refractivity contribution in [3.05, 3.63) is 11.4 Å². The molecule has 6 heteroatoms. The Balaban J connectivity index is 2.41. The van der Waals surface area contributed by atoms with Crippen molar-refractivity contribution in [2.45, 2.75) is 19.8 Å². The molecule has 0 aliphatic carbocycles. The molecule has 0 atom stereocenters. The van der Waals surface area contributed by atoms with Crippen LogP contribution in [0.3, 0.4) is 0 Å². The van der Waals surface area contributed by atoms with Gasteiger partial charge in [-0.25, -0.2) is 0 Å². The molecule has 1 rings (SSSR count). The highest BCUT2D eigenvalue weighted by atomic mass is 16.2. The molecule has 1 aromatic heterocycles. The third-order valence-corrected chi connectivity index (χ3v) is 2.80. The molecular formula is C12H23N5O. The summed E-state index contributed by atoms with van der Waals surface area (Å²) >= 11 is 0. The SMILES string of the molecule is Cc1nn(C)c(C(=O)NCCCCN(C)C)c1N. The Bertz CT molecular complexity index is 411. The first kappa shape index (κ1) is 14.5. The van der Waals surface area contributed by atoms with Gasteiger partial charge in [-0.1, -0.05) is 0 Å². The van der Waals surface area contributed by atoms with Crippen LogP contribution in [-0.4, -0.2) is 47.8 Å². The van der Waals surface area contributed by atoms with Gasteiger partial charge in [0.2, 0.25) is 0 Å². The third-order valence-electron chi connectivity index (χ3n) is 2.80. The van der Waals surface area contributed by atoms with Gasteiger partial charge < -0.3 is 16.0 Å². The van der Waals surface area contributed by atoms with E-state index < -0.39 is 0 Å². The number of anilines is 1. The van der Waals surface area contributed by atoms with Crippen LogP contribution in [0.2, 0.25) is 0 Å². The minimum atomic E-state index is -0.152. The third kappa shape index (κ3) is 3.73. The molecule has 3 N–H and O–H groups in total. The molecule has 1 heterocycles. The molecule has 0 aromatic carbocycles. The fourth-order valence-corrected chi connectivity index (χ4v) is 1.78. The van der Waals surface area contributed by atoms with Gasteiger partial charge in [-0.05, 0) is 40.4 Å². The van der Waals surface area contributed by atoms with E-state index >= 15 is 0 Å². The van der Waals surface area contributed by atoms with Gasteiger partial charge >= 0.3 is 0 Å². The highest BCUT2D eigenvalue weighted by molar-refractivity contribution is 5.97. The number of nitrogens with two attached hydrogens (primary N) is 1. The van der Waals surface area contributed by atoms with E-state index in [0.29, 0.717) is 23.6 Å². The minimum absolute atomic E-state index is 0.152. The van der Waals surface area contributed by atoms with Crippen LogP contribution in [0.4, 0.5) is 5.69 Å². The molecular weight excluding hydrogens is 230 g/mol. The Morgan fingerprint density at radius 2 is 2.11 bits per heavy atom. The normalized spacial score (nSPS) is 10.9. The molecule has 1 amide bonds. The number of amides is 1. The number of nitrogens with zero attached hydrogens (tertiary/aromatic N) is 3. The second kappa shape index (κ2) is 6.39. The van der Waals surface area contributed by atoms with Crippen molar-refractivity contribution < 1.29 is 4.79 Å². The first-order valence-corrected chi connectivity index (χ1v) is 6.15. The Morgan fingerprint density at radius 1 is 1.44 bits per heavy atom. The van der Waals surface area contributed by atoms with Gasteiger partial charge in [0, 0.05) is 13.6 Å². The summed E-state index contributed by atoms with van der Waals surface area (Å²) < 4.78 is 1.53. The van der Waals surface area contributed by atoms with Gasteiger partial charge in [0.25, 0.3) is 5.91 Å². The van der Waals surface area contributed by atoms with Crippen LogP contribution in [-0.2, 0) is 7.05 Å². The summed E-state index contributed by atoms with van der Waals surface area (Å²) in [6.45, 7) is 3.49. The lowest BCUT2D eigenvalue weighted by Crippen LogP contribution is -2.28. The summed E-state index contributed by atoms with van der Waals surface area (Å²) in [6.07, 6.45) is 2.02. The van der Waals surface area contributed by atoms with Crippen LogP contribution in [0.25, 0.3) is 0 Å². The van der Waals surface area contributed by atoms with E-state index in [1.165, 1.54) is 4.68 Å². The van der Waals surface area contributed by atoms with Crippen molar-refractivity contribution in [3.63, 3.8) is 0 Å². The molecule has 102 valence electrons. The molecule has 0 radical (unpaired) electrons. The predicted molar refractivity (Wildman–Crippen MR) is 72.5 cm³/mol. The summed E-state index contributed by atoms with van der Waals surface area (Å²) in [6, 6.07) is 0. The monoisotopic (exact) mass is 253 g/mol. The Labute approximate surface area is 108 Å². The van der Waals surface area contributed by atoms with Crippen LogP contribution in [0.15, 0.2) is 0 Å². The number of carbonyl (C=O) groups is 1. The summed E-state index contributed by atoms with van der Waals surface area (Å²) in [4.78, 5) is 14.1. The Morgan fingerprint density at radius 3 is 2.61 bits per heavy atom. The zero-order chi connectivity index (χ0) is 13.7. The maximum Gasteiger partial charge on any atom is 0.271 e. The zero-order valence-corrected chi connectivity index (χ0v) is 11.7. The van der Waals surface area contributed by atoms with Crippen molar-refractivity contribution in [1.29, 1.82) is 0 Å². The molecule has 0 fully saturated rings. The van der Waals surface area contributed by atoms with Crippen LogP contribution >= 0.6 is 0 Å². The number of aryl methyl sites for hydroxylation is 2. The summed E-state index contributed by atoms with van der Waals surface area (Å²) in [5, 5.41) is 6.99. The average molecular weight is 253 g/mol. The number of rotatable bonds is 6. The lowest BCUT2D eigenvalue weighted by Gasteiger charge is -2.09. The smallest absolute Gasteiger partial charge is 0.271 e. The first-order chi connectivity index (χ1) is 8.43. The highest BCUT2D eigenvalue weighted by Crippen LogP contribution is 2.14. The maximum atomic E-state index is 11.9. The number of hydrogen-bond donors (Lipinski definition) is 2. The quantitative estimate of drug-likeness (QED) is 0.719. The van der Waals surface area contributed by atoms with E-state index in [1.807, 2.05) is 14.1 Å². The van der Waals surface area contributed by atoms with Crippen molar-refractivity contribution in [1.82, 2.24) is 20.0 Å². The van der Waals surface area contributed by atoms with Crippen molar-refractivity contribution in [2.75, 3.05) is 32.9 Å². The number of nitrogen functional groups attached to an aromatic ring is 1. The molecule has 0 aliphatic rings. The Kier molecular flexibility index (Phi) is 5.15. The summed E-state index contributed by atoms with van der Waals surface area (Å²) in [5.41, 5.74) is 7.42. The van der Waals surface area contributed by atoms with Crippen LogP contribution in [0, 0.1) is 6.92 Å². The van der Waals surface area contributed by atoms with Gasteiger partial charge in [0.15, 0.2) is 0 Å². The first-order valence-electron chi connectivity index (χ1n) is 6.15. The lowest BCUT2D eigenvalue weighted by atomic mass is 10.2. The van der Waals surface area contributed by atoms with Crippen molar-refractivity contribution in [2.24, 2.45) is 7.05 Å². The van der Waals surface area contributed by atoms with Crippen LogP contribution in [0.1, 0.15) is 29.0 Å². The second-order valence-corrected chi connectivity index (χ2v) is 4.74. The molecule has 0 bridgehead atoms. The molecule has 0 saturated heterocycles. The molecule has 0 spiro atoms. The maximum absolute atomic E-state index is 11.9. The van der Waals surface area contributed by atoms with Crippen molar-refractivity contribution >= 4 is 11.6 Å². The lowest BCUT2D eigenvalue weighted by molar-refractivity contribution is 0.0944. The van der Waals surface area contributed by atoms with Gasteiger partial charge in [0.1, 0.15) is 5.69 Å². The van der Waals surface area contributed by atoms with Gasteiger partial charge in [-0.3, -0.25) is 9.48 Å². The predicted octanol–water partition coefficient (Wildman–Crippen LogP) is 0.382.